The molecule has 2 rings (SSSR count). The average Bonchev–Trinajstić information content (AvgIpc) is 2.68. The summed E-state index contributed by atoms with van der Waals surface area (Å²) >= 11 is 0. The number of esters is 1. The fourth-order valence-corrected chi connectivity index (χ4v) is 2.09. The zero-order chi connectivity index (χ0) is 19.6. The van der Waals surface area contributed by atoms with Crippen molar-refractivity contribution in [1.82, 2.24) is 4.98 Å². The van der Waals surface area contributed by atoms with Gasteiger partial charge in [-0.25, -0.2) is 4.79 Å². The fraction of sp³-hybridized carbons (Fsp3) is 0.316. The number of hydrogen-bond donors (Lipinski definition) is 1. The fourth-order valence-electron chi connectivity index (χ4n) is 2.09. The molecule has 0 spiro atoms. The van der Waals surface area contributed by atoms with Gasteiger partial charge in [-0.3, -0.25) is 10.4 Å². The Morgan fingerprint density at radius 2 is 1.96 bits per heavy atom. The predicted molar refractivity (Wildman–Crippen MR) is 101 cm³/mol. The minimum atomic E-state index is -0.478. The lowest BCUT2D eigenvalue weighted by atomic mass is 10.2. The lowest BCUT2D eigenvalue weighted by Gasteiger charge is -2.11. The number of carbonyl (C=O) groups is 1. The quantitative estimate of drug-likeness (QED) is 0.409. The van der Waals surface area contributed by atoms with Crippen LogP contribution in [0.15, 0.2) is 41.6 Å². The van der Waals surface area contributed by atoms with Crippen molar-refractivity contribution in [2.45, 2.75) is 20.5 Å². The summed E-state index contributed by atoms with van der Waals surface area (Å²) in [5.41, 5.74) is 4.41. The first-order chi connectivity index (χ1) is 13.1. The summed E-state index contributed by atoms with van der Waals surface area (Å²) in [6, 6.07) is 8.85. The van der Waals surface area contributed by atoms with Gasteiger partial charge in [0.1, 0.15) is 23.0 Å². The Morgan fingerprint density at radius 1 is 1.19 bits per heavy atom. The highest BCUT2D eigenvalue weighted by Crippen LogP contribution is 2.31. The van der Waals surface area contributed by atoms with E-state index in [1.807, 2.05) is 12.1 Å². The summed E-state index contributed by atoms with van der Waals surface area (Å²) in [6.45, 7) is 4.04. The molecule has 0 saturated carbocycles. The van der Waals surface area contributed by atoms with Gasteiger partial charge in [0.15, 0.2) is 0 Å². The van der Waals surface area contributed by atoms with Crippen LogP contribution in [-0.4, -0.2) is 37.5 Å². The number of aromatic nitrogens is 1. The monoisotopic (exact) mass is 373 g/mol. The number of methoxy groups -OCH3 is 2. The number of nitrogens with one attached hydrogen (secondary N) is 1. The van der Waals surface area contributed by atoms with E-state index in [0.717, 1.165) is 5.69 Å². The van der Waals surface area contributed by atoms with Crippen molar-refractivity contribution in [3.05, 3.63) is 42.2 Å². The Bertz CT molecular complexity index is 790. The van der Waals surface area contributed by atoms with Gasteiger partial charge in [0, 0.05) is 13.2 Å². The van der Waals surface area contributed by atoms with Gasteiger partial charge in [-0.15, -0.1) is 0 Å². The van der Waals surface area contributed by atoms with Crippen LogP contribution in [0, 0.1) is 0 Å². The number of nitrogens with zero attached hydrogens (tertiary/aromatic N) is 2. The highest BCUT2D eigenvalue weighted by Gasteiger charge is 2.09. The number of pyridine rings is 1. The van der Waals surface area contributed by atoms with E-state index in [1.54, 1.807) is 45.4 Å². The molecule has 0 amide bonds. The molecule has 2 aromatic rings. The highest BCUT2D eigenvalue weighted by molar-refractivity contribution is 6.35. The molecule has 0 fully saturated rings. The van der Waals surface area contributed by atoms with Crippen molar-refractivity contribution in [3.8, 4) is 17.2 Å². The molecule has 1 N–H and O–H groups in total. The maximum absolute atomic E-state index is 11.6. The smallest absolute Gasteiger partial charge is 0.354 e. The van der Waals surface area contributed by atoms with E-state index >= 15 is 0 Å². The first kappa shape index (κ1) is 20.2. The third kappa shape index (κ3) is 5.96. The summed E-state index contributed by atoms with van der Waals surface area (Å²) in [4.78, 5) is 15.8. The molecule has 1 aromatic carbocycles. The second-order valence-electron chi connectivity index (χ2n) is 5.41. The molecule has 0 bridgehead atoms. The Morgan fingerprint density at radius 3 is 2.59 bits per heavy atom. The molecule has 0 atom stereocenters. The average molecular weight is 373 g/mol. The zero-order valence-electron chi connectivity index (χ0n) is 15.8. The van der Waals surface area contributed by atoms with Gasteiger partial charge < -0.3 is 18.9 Å². The van der Waals surface area contributed by atoms with Gasteiger partial charge in [0.25, 0.3) is 0 Å². The zero-order valence-corrected chi connectivity index (χ0v) is 15.8. The Balaban J connectivity index is 2.08. The van der Waals surface area contributed by atoms with Crippen molar-refractivity contribution >= 4 is 17.4 Å². The van der Waals surface area contributed by atoms with Crippen LogP contribution in [0.25, 0.3) is 0 Å². The Kier molecular flexibility index (Phi) is 7.57. The molecule has 0 radical (unpaired) electrons. The number of benzene rings is 1. The van der Waals surface area contributed by atoms with Gasteiger partial charge in [-0.1, -0.05) is 0 Å². The van der Waals surface area contributed by atoms with Gasteiger partial charge in [0.05, 0.1) is 37.9 Å². The van der Waals surface area contributed by atoms with Crippen molar-refractivity contribution in [1.29, 1.82) is 0 Å². The van der Waals surface area contributed by atoms with Crippen LogP contribution in [0.3, 0.4) is 0 Å². The number of hydrogen-bond acceptors (Lipinski definition) is 8. The van der Waals surface area contributed by atoms with Crippen LogP contribution in [0.2, 0.25) is 0 Å². The van der Waals surface area contributed by atoms with E-state index in [2.05, 4.69) is 15.5 Å². The molecule has 1 heterocycles. The summed E-state index contributed by atoms with van der Waals surface area (Å²) in [7, 11) is 3.15. The topological polar surface area (TPSA) is 91.3 Å². The van der Waals surface area contributed by atoms with Crippen molar-refractivity contribution in [2.75, 3.05) is 26.3 Å². The maximum atomic E-state index is 11.6. The van der Waals surface area contributed by atoms with Crippen LogP contribution >= 0.6 is 0 Å². The molecule has 8 heteroatoms. The summed E-state index contributed by atoms with van der Waals surface area (Å²) in [6.07, 6.45) is 1.62. The Hall–Kier alpha value is -3.13. The van der Waals surface area contributed by atoms with Gasteiger partial charge in [0.2, 0.25) is 0 Å². The number of carbonyl (C=O) groups excluding carboxylic acids is 1. The summed E-state index contributed by atoms with van der Waals surface area (Å²) in [5, 5.41) is 4.01. The predicted octanol–water partition coefficient (Wildman–Crippen LogP) is 3.38. The van der Waals surface area contributed by atoms with E-state index in [0.29, 0.717) is 36.1 Å². The van der Waals surface area contributed by atoms with Crippen LogP contribution in [0.5, 0.6) is 17.2 Å². The van der Waals surface area contributed by atoms with E-state index in [9.17, 15) is 4.79 Å². The van der Waals surface area contributed by atoms with Crippen molar-refractivity contribution in [3.63, 3.8) is 0 Å². The minimum absolute atomic E-state index is 0.210. The SMILES string of the molecule is CCOC(=O)C(C)=NNc1ccc(Oc2ccc(COC)nc2)cc1OC. The third-order valence-corrected chi connectivity index (χ3v) is 3.41. The molecule has 0 saturated heterocycles. The van der Waals surface area contributed by atoms with E-state index < -0.39 is 5.97 Å². The van der Waals surface area contributed by atoms with E-state index in [1.165, 1.54) is 7.11 Å². The number of ether oxygens (including phenoxy) is 4. The molecular weight excluding hydrogens is 350 g/mol. The minimum Gasteiger partial charge on any atom is -0.494 e. The van der Waals surface area contributed by atoms with Gasteiger partial charge in [-0.05, 0) is 38.1 Å². The number of anilines is 1. The molecule has 0 aliphatic heterocycles. The summed E-state index contributed by atoms with van der Waals surface area (Å²) in [5.74, 6) is 1.20. The number of rotatable bonds is 9. The van der Waals surface area contributed by atoms with Crippen LogP contribution in [0.1, 0.15) is 19.5 Å². The van der Waals surface area contributed by atoms with E-state index in [-0.39, 0.29) is 5.71 Å². The largest absolute Gasteiger partial charge is 0.494 e. The van der Waals surface area contributed by atoms with E-state index in [4.69, 9.17) is 18.9 Å². The number of hydrazone groups is 1. The lowest BCUT2D eigenvalue weighted by Crippen LogP contribution is -2.15. The van der Waals surface area contributed by atoms with Gasteiger partial charge in [-0.2, -0.15) is 5.10 Å². The first-order valence-electron chi connectivity index (χ1n) is 8.34. The second-order valence-corrected chi connectivity index (χ2v) is 5.41. The Labute approximate surface area is 158 Å². The molecule has 27 heavy (non-hydrogen) atoms. The second kappa shape index (κ2) is 10.1. The van der Waals surface area contributed by atoms with Crippen molar-refractivity contribution < 1.29 is 23.7 Å². The van der Waals surface area contributed by atoms with Gasteiger partial charge >= 0.3 is 5.97 Å². The maximum Gasteiger partial charge on any atom is 0.354 e. The first-order valence-corrected chi connectivity index (χ1v) is 8.34. The molecule has 144 valence electrons. The lowest BCUT2D eigenvalue weighted by molar-refractivity contribution is -0.135. The standard InChI is InChI=1S/C19H23N3O5/c1-5-26-19(23)13(2)21-22-17-9-8-15(10-18(17)25-4)27-16-7-6-14(12-24-3)20-11-16/h6-11,22H,5,12H2,1-4H3. The third-order valence-electron chi connectivity index (χ3n) is 3.41. The molecule has 0 unspecified atom stereocenters. The van der Waals surface area contributed by atoms with Crippen LogP contribution in [-0.2, 0) is 20.9 Å². The molecule has 0 aliphatic rings. The molecule has 0 aliphatic carbocycles. The highest BCUT2D eigenvalue weighted by atomic mass is 16.5. The van der Waals surface area contributed by atoms with Crippen molar-refractivity contribution in [2.24, 2.45) is 5.10 Å². The summed E-state index contributed by atoms with van der Waals surface area (Å²) < 4.78 is 21.1. The van der Waals surface area contributed by atoms with Crippen LogP contribution in [0.4, 0.5) is 5.69 Å². The molecule has 8 nitrogen and oxygen atoms in total. The molecule has 1 aromatic heterocycles. The van der Waals surface area contributed by atoms with Crippen LogP contribution < -0.4 is 14.9 Å². The normalized spacial score (nSPS) is 11.0. The molecular formula is C19H23N3O5.